The van der Waals surface area contributed by atoms with Gasteiger partial charge in [0.25, 0.3) is 0 Å². The Hall–Kier alpha value is -2.92. The quantitative estimate of drug-likeness (QED) is 0.671. The predicted octanol–water partition coefficient (Wildman–Crippen LogP) is 3.33. The number of carbonyl (C=O) groups excluding carboxylic acids is 1. The minimum atomic E-state index is -0.0957. The van der Waals surface area contributed by atoms with Crippen molar-refractivity contribution in [2.75, 3.05) is 26.2 Å². The van der Waals surface area contributed by atoms with Gasteiger partial charge in [-0.25, -0.2) is 4.98 Å². The highest BCUT2D eigenvalue weighted by Crippen LogP contribution is 2.41. The summed E-state index contributed by atoms with van der Waals surface area (Å²) in [7, 11) is 0. The van der Waals surface area contributed by atoms with Crippen molar-refractivity contribution in [3.8, 4) is 0 Å². The van der Waals surface area contributed by atoms with Crippen LogP contribution in [0.2, 0.25) is 0 Å². The number of H-pyrrole nitrogens is 2. The second-order valence-electron chi connectivity index (χ2n) is 8.63. The van der Waals surface area contributed by atoms with Crippen molar-refractivity contribution >= 4 is 22.4 Å². The number of carbonyl (C=O) groups is 1. The molecule has 5 rings (SSSR count). The molecule has 2 atom stereocenters. The van der Waals surface area contributed by atoms with Gasteiger partial charge in [-0.2, -0.15) is 0 Å². The van der Waals surface area contributed by atoms with Crippen LogP contribution in [0.25, 0.3) is 16.5 Å². The average Bonchev–Trinajstić information content (AvgIpc) is 3.23. The SMILES string of the molecule is CCN(CC)C(=O)[C@@H]1C=C2c3cccc4[nH]cc(c34)C[C@H]2N(CCc2cccc[nH+]2)C1. The van der Waals surface area contributed by atoms with Crippen LogP contribution in [0.1, 0.15) is 30.7 Å². The molecule has 5 heteroatoms. The fraction of sp³-hybridized carbons (Fsp3) is 0.385. The molecule has 3 heterocycles. The zero-order chi connectivity index (χ0) is 21.4. The van der Waals surface area contributed by atoms with Gasteiger partial charge in [0.2, 0.25) is 5.91 Å². The normalized spacial score (nSPS) is 20.4. The monoisotopic (exact) mass is 415 g/mol. The Labute approximate surface area is 183 Å². The molecule has 2 aromatic heterocycles. The largest absolute Gasteiger partial charge is 0.361 e. The number of amides is 1. The number of nitrogens with one attached hydrogen (secondary N) is 2. The first-order valence-corrected chi connectivity index (χ1v) is 11.5. The number of nitrogens with zero attached hydrogens (tertiary/aromatic N) is 2. The third-order valence-corrected chi connectivity index (χ3v) is 6.96. The number of aromatic amines is 2. The summed E-state index contributed by atoms with van der Waals surface area (Å²) in [5.74, 6) is 0.154. The molecule has 1 aliphatic heterocycles. The molecule has 1 aromatic carbocycles. The van der Waals surface area contributed by atoms with E-state index >= 15 is 0 Å². The Morgan fingerprint density at radius 1 is 1.19 bits per heavy atom. The third-order valence-electron chi connectivity index (χ3n) is 6.96. The van der Waals surface area contributed by atoms with E-state index in [0.29, 0.717) is 6.04 Å². The number of pyridine rings is 1. The topological polar surface area (TPSA) is 53.5 Å². The first kappa shape index (κ1) is 20.0. The van der Waals surface area contributed by atoms with E-state index in [-0.39, 0.29) is 11.8 Å². The summed E-state index contributed by atoms with van der Waals surface area (Å²) in [5, 5.41) is 1.33. The fourth-order valence-electron chi connectivity index (χ4n) is 5.35. The molecule has 0 saturated heterocycles. The van der Waals surface area contributed by atoms with Gasteiger partial charge < -0.3 is 9.88 Å². The van der Waals surface area contributed by atoms with Crippen LogP contribution in [-0.2, 0) is 17.6 Å². The molecule has 5 nitrogen and oxygen atoms in total. The predicted molar refractivity (Wildman–Crippen MR) is 123 cm³/mol. The smallest absolute Gasteiger partial charge is 0.230 e. The fourth-order valence-corrected chi connectivity index (χ4v) is 5.35. The van der Waals surface area contributed by atoms with Crippen LogP contribution < -0.4 is 4.98 Å². The van der Waals surface area contributed by atoms with Crippen molar-refractivity contribution in [1.82, 2.24) is 14.8 Å². The van der Waals surface area contributed by atoms with Gasteiger partial charge in [-0.3, -0.25) is 9.69 Å². The number of benzene rings is 1. The lowest BCUT2D eigenvalue weighted by molar-refractivity contribution is -0.390. The summed E-state index contributed by atoms with van der Waals surface area (Å²) in [6.45, 7) is 7.36. The van der Waals surface area contributed by atoms with Gasteiger partial charge in [-0.15, -0.1) is 0 Å². The molecule has 1 aliphatic carbocycles. The van der Waals surface area contributed by atoms with Gasteiger partial charge in [0.05, 0.1) is 5.92 Å². The lowest BCUT2D eigenvalue weighted by Gasteiger charge is -2.42. The van der Waals surface area contributed by atoms with Crippen molar-refractivity contribution in [3.63, 3.8) is 0 Å². The van der Waals surface area contributed by atoms with E-state index in [9.17, 15) is 4.79 Å². The van der Waals surface area contributed by atoms with E-state index in [4.69, 9.17) is 0 Å². The van der Waals surface area contributed by atoms with Crippen LogP contribution in [0.15, 0.2) is 54.9 Å². The third kappa shape index (κ3) is 3.57. The number of aromatic nitrogens is 2. The Balaban J connectivity index is 1.52. The highest BCUT2D eigenvalue weighted by molar-refractivity contribution is 5.99. The number of hydrogen-bond acceptors (Lipinski definition) is 2. The van der Waals surface area contributed by atoms with E-state index in [2.05, 4.69) is 71.3 Å². The van der Waals surface area contributed by atoms with E-state index < -0.39 is 0 Å². The molecule has 0 unspecified atom stereocenters. The molecule has 31 heavy (non-hydrogen) atoms. The maximum absolute atomic E-state index is 13.3. The molecular formula is C26H31N4O+. The summed E-state index contributed by atoms with van der Waals surface area (Å²) < 4.78 is 0. The molecule has 2 aliphatic rings. The summed E-state index contributed by atoms with van der Waals surface area (Å²) in [4.78, 5) is 24.6. The van der Waals surface area contributed by atoms with Crippen molar-refractivity contribution in [2.45, 2.75) is 32.7 Å². The van der Waals surface area contributed by atoms with Crippen LogP contribution in [0.3, 0.4) is 0 Å². The van der Waals surface area contributed by atoms with Crippen LogP contribution in [0.5, 0.6) is 0 Å². The van der Waals surface area contributed by atoms with Gasteiger partial charge in [-0.05, 0) is 43.0 Å². The number of rotatable bonds is 6. The molecule has 3 aromatic rings. The first-order chi connectivity index (χ1) is 15.2. The minimum absolute atomic E-state index is 0.0957. The van der Waals surface area contributed by atoms with Crippen molar-refractivity contribution in [3.05, 3.63) is 71.7 Å². The lowest BCUT2D eigenvalue weighted by atomic mass is 9.79. The van der Waals surface area contributed by atoms with Gasteiger partial charge in [0.1, 0.15) is 0 Å². The van der Waals surface area contributed by atoms with Crippen molar-refractivity contribution in [1.29, 1.82) is 0 Å². The Kier molecular flexibility index (Phi) is 5.36. The van der Waals surface area contributed by atoms with Gasteiger partial charge in [-0.1, -0.05) is 24.3 Å². The van der Waals surface area contributed by atoms with Gasteiger partial charge in [0, 0.05) is 67.9 Å². The van der Waals surface area contributed by atoms with E-state index in [1.807, 2.05) is 17.2 Å². The summed E-state index contributed by atoms with van der Waals surface area (Å²) in [6, 6.07) is 13.1. The van der Waals surface area contributed by atoms with Crippen molar-refractivity contribution < 1.29 is 9.78 Å². The van der Waals surface area contributed by atoms with Crippen LogP contribution >= 0.6 is 0 Å². The molecule has 0 fully saturated rings. The molecule has 0 bridgehead atoms. The van der Waals surface area contributed by atoms with E-state index in [1.54, 1.807) is 0 Å². The standard InChI is InChI=1S/C26H30N4O/c1-3-29(4-2)26(31)19-14-22-21-9-7-10-23-25(21)18(16-28-23)15-24(22)30(17-19)13-11-20-8-5-6-12-27-20/h5-10,12,14,16,19,24,28H,3-4,11,13,15,17H2,1-2H3/p+1/t19-,24-/m1/s1. The Morgan fingerprint density at radius 2 is 2.06 bits per heavy atom. The van der Waals surface area contributed by atoms with Gasteiger partial charge >= 0.3 is 0 Å². The minimum Gasteiger partial charge on any atom is -0.361 e. The first-order valence-electron chi connectivity index (χ1n) is 11.5. The Morgan fingerprint density at radius 3 is 2.84 bits per heavy atom. The molecule has 1 amide bonds. The summed E-state index contributed by atoms with van der Waals surface area (Å²) in [5.41, 5.74) is 6.42. The zero-order valence-corrected chi connectivity index (χ0v) is 18.4. The molecule has 2 N–H and O–H groups in total. The zero-order valence-electron chi connectivity index (χ0n) is 18.4. The molecular weight excluding hydrogens is 384 g/mol. The van der Waals surface area contributed by atoms with Gasteiger partial charge in [0.15, 0.2) is 11.9 Å². The highest BCUT2D eigenvalue weighted by atomic mass is 16.2. The van der Waals surface area contributed by atoms with Crippen LogP contribution in [0, 0.1) is 5.92 Å². The maximum Gasteiger partial charge on any atom is 0.230 e. The molecule has 0 saturated carbocycles. The van der Waals surface area contributed by atoms with E-state index in [1.165, 1.54) is 33.3 Å². The molecule has 160 valence electrons. The van der Waals surface area contributed by atoms with Crippen LogP contribution in [-0.4, -0.2) is 52.9 Å². The average molecular weight is 416 g/mol. The van der Waals surface area contributed by atoms with Crippen molar-refractivity contribution in [2.24, 2.45) is 5.92 Å². The Bertz CT molecular complexity index is 1110. The maximum atomic E-state index is 13.3. The molecule has 0 spiro atoms. The second-order valence-corrected chi connectivity index (χ2v) is 8.63. The van der Waals surface area contributed by atoms with Crippen LogP contribution in [0.4, 0.5) is 0 Å². The number of fused-ring (bicyclic) bond motifs is 2. The highest BCUT2D eigenvalue weighted by Gasteiger charge is 2.38. The summed E-state index contributed by atoms with van der Waals surface area (Å²) in [6.07, 6.45) is 8.37. The summed E-state index contributed by atoms with van der Waals surface area (Å²) >= 11 is 0. The van der Waals surface area contributed by atoms with E-state index in [0.717, 1.165) is 39.0 Å². The lowest BCUT2D eigenvalue weighted by Crippen LogP contribution is -2.50. The molecule has 0 radical (unpaired) electrons. The number of hydrogen-bond donors (Lipinski definition) is 1. The second kappa shape index (κ2) is 8.31.